The Labute approximate surface area is 228 Å². The fourth-order valence-electron chi connectivity index (χ4n) is 8.27. The predicted molar refractivity (Wildman–Crippen MR) is 135 cm³/mol. The van der Waals surface area contributed by atoms with Crippen molar-refractivity contribution in [2.24, 2.45) is 22.7 Å². The number of carbonyl (C=O) groups is 2. The average molecular weight is 560 g/mol. The second-order valence-electron chi connectivity index (χ2n) is 11.7. The van der Waals surface area contributed by atoms with E-state index >= 15 is 8.78 Å². The van der Waals surface area contributed by atoms with Gasteiger partial charge in [0, 0.05) is 22.3 Å². The van der Waals surface area contributed by atoms with E-state index in [1.54, 1.807) is 6.92 Å². The van der Waals surface area contributed by atoms with Crippen LogP contribution in [0.4, 0.5) is 13.2 Å². The smallest absolute Gasteiger partial charge is 0.225 e. The summed E-state index contributed by atoms with van der Waals surface area (Å²) in [7, 11) is 0. The van der Waals surface area contributed by atoms with E-state index in [4.69, 9.17) is 14.7 Å². The summed E-state index contributed by atoms with van der Waals surface area (Å²) < 4.78 is 59.4. The Balaban J connectivity index is 1.44. The standard InChI is InChI=1S/C29H28F3NO5S/c1-26-8-7-17(34)11-20(26)21(31)12-19-18-13-23-29(25(36)39-10-9-33,27(18,2)14-22(35)28(19,26)32)38-24(37-23)15-3-5-16(30)6-4-15/h3-8,11,18-19,21-24,35H,10,12-14H2,1-2H3/t18-,19-,21-,22-,23+,24?,26-,27-,28-,29-/m0/s1. The number of nitriles is 1. The van der Waals surface area contributed by atoms with Gasteiger partial charge in [0.25, 0.3) is 0 Å². The number of benzene rings is 1. The normalized spacial score (nSPS) is 46.0. The third-order valence-electron chi connectivity index (χ3n) is 10.1. The molecule has 1 unspecified atom stereocenters. The number of hydrogen-bond acceptors (Lipinski definition) is 7. The molecule has 0 radical (unpaired) electrons. The van der Waals surface area contributed by atoms with Gasteiger partial charge in [-0.05, 0) is 62.0 Å². The Bertz CT molecular complexity index is 1350. The molecule has 0 spiro atoms. The van der Waals surface area contributed by atoms with Crippen molar-refractivity contribution in [2.75, 3.05) is 5.75 Å². The molecule has 6 rings (SSSR count). The number of fused-ring (bicyclic) bond motifs is 7. The number of halogens is 3. The van der Waals surface area contributed by atoms with Crippen molar-refractivity contribution in [1.82, 2.24) is 0 Å². The Morgan fingerprint density at radius 1 is 1.23 bits per heavy atom. The van der Waals surface area contributed by atoms with E-state index in [1.165, 1.54) is 43.3 Å². The van der Waals surface area contributed by atoms with E-state index < -0.39 is 75.3 Å². The molecule has 4 fully saturated rings. The third-order valence-corrected chi connectivity index (χ3v) is 10.9. The summed E-state index contributed by atoms with van der Waals surface area (Å²) in [6, 6.07) is 7.42. The molecule has 10 heteroatoms. The lowest BCUT2D eigenvalue weighted by Crippen LogP contribution is -2.70. The van der Waals surface area contributed by atoms with Gasteiger partial charge in [0.15, 0.2) is 23.3 Å². The number of nitrogens with zero attached hydrogens (tertiary/aromatic N) is 1. The van der Waals surface area contributed by atoms with E-state index in [2.05, 4.69) is 0 Å². The fourth-order valence-corrected chi connectivity index (χ4v) is 9.09. The van der Waals surface area contributed by atoms with E-state index in [0.29, 0.717) is 5.56 Å². The van der Waals surface area contributed by atoms with Crippen LogP contribution in [0, 0.1) is 39.8 Å². The number of allylic oxidation sites excluding steroid dienone is 4. The van der Waals surface area contributed by atoms with Gasteiger partial charge in [-0.2, -0.15) is 5.26 Å². The van der Waals surface area contributed by atoms with Crippen molar-refractivity contribution in [1.29, 1.82) is 5.26 Å². The number of rotatable bonds is 3. The summed E-state index contributed by atoms with van der Waals surface area (Å²) in [5.41, 5.74) is -6.16. The quantitative estimate of drug-likeness (QED) is 0.574. The highest BCUT2D eigenvalue weighted by Gasteiger charge is 2.80. The predicted octanol–water partition coefficient (Wildman–Crippen LogP) is 4.69. The van der Waals surface area contributed by atoms with Crippen LogP contribution in [-0.2, 0) is 19.1 Å². The highest BCUT2D eigenvalue weighted by atomic mass is 32.2. The zero-order chi connectivity index (χ0) is 28.0. The van der Waals surface area contributed by atoms with Crippen LogP contribution in [-0.4, -0.2) is 51.4 Å². The van der Waals surface area contributed by atoms with Gasteiger partial charge in [-0.25, -0.2) is 13.2 Å². The van der Waals surface area contributed by atoms with Crippen molar-refractivity contribution in [3.8, 4) is 6.07 Å². The first-order chi connectivity index (χ1) is 18.4. The molecule has 0 bridgehead atoms. The maximum atomic E-state index is 17.5. The summed E-state index contributed by atoms with van der Waals surface area (Å²) in [4.78, 5) is 25.9. The number of thioether (sulfide) groups is 1. The summed E-state index contributed by atoms with van der Waals surface area (Å²) >= 11 is 0.770. The topological polar surface area (TPSA) is 96.6 Å². The van der Waals surface area contributed by atoms with Crippen LogP contribution < -0.4 is 0 Å². The molecular weight excluding hydrogens is 531 g/mol. The van der Waals surface area contributed by atoms with E-state index in [-0.39, 0.29) is 30.6 Å². The number of ketones is 1. The SMILES string of the molecule is C[C@]12C=CC(=O)C=C1[C@@H](F)C[C@H]1[C@@H]3C[C@H]4OC(c5ccc(F)cc5)O[C@@]4(C(=O)SCC#N)[C@@]3(C)C[C@H](O)[C@@]12F. The Morgan fingerprint density at radius 3 is 2.64 bits per heavy atom. The summed E-state index contributed by atoms with van der Waals surface area (Å²) in [6.07, 6.45) is -1.66. The van der Waals surface area contributed by atoms with Gasteiger partial charge in [-0.15, -0.1) is 0 Å². The van der Waals surface area contributed by atoms with Gasteiger partial charge in [0.05, 0.1) is 24.0 Å². The van der Waals surface area contributed by atoms with E-state index in [1.807, 2.05) is 6.07 Å². The monoisotopic (exact) mass is 559 g/mol. The first-order valence-electron chi connectivity index (χ1n) is 13.0. The Hall–Kier alpha value is -2.45. The number of alkyl halides is 2. The van der Waals surface area contributed by atoms with Crippen LogP contribution in [0.1, 0.15) is 45.0 Å². The summed E-state index contributed by atoms with van der Waals surface area (Å²) in [5.74, 6) is -2.64. The van der Waals surface area contributed by atoms with Gasteiger partial charge in [0.2, 0.25) is 5.12 Å². The maximum Gasteiger partial charge on any atom is 0.225 e. The molecule has 1 aromatic carbocycles. The highest BCUT2D eigenvalue weighted by molar-refractivity contribution is 8.14. The highest BCUT2D eigenvalue weighted by Crippen LogP contribution is 2.73. The number of ether oxygens (including phenoxy) is 2. The van der Waals surface area contributed by atoms with Crippen molar-refractivity contribution in [3.05, 3.63) is 59.4 Å². The fraction of sp³-hybridized carbons (Fsp3) is 0.552. The van der Waals surface area contributed by atoms with Crippen LogP contribution in [0.3, 0.4) is 0 Å². The zero-order valence-electron chi connectivity index (χ0n) is 21.4. The van der Waals surface area contributed by atoms with Crippen molar-refractivity contribution in [2.45, 2.75) is 69.0 Å². The minimum atomic E-state index is -2.30. The maximum absolute atomic E-state index is 17.5. The number of carbonyl (C=O) groups excluding carboxylic acids is 2. The van der Waals surface area contributed by atoms with Crippen LogP contribution in [0.2, 0.25) is 0 Å². The second-order valence-corrected chi connectivity index (χ2v) is 12.6. The number of aliphatic hydroxyl groups is 1. The summed E-state index contributed by atoms with van der Waals surface area (Å²) in [6.45, 7) is 3.27. The number of aliphatic hydroxyl groups excluding tert-OH is 1. The molecule has 1 aliphatic heterocycles. The molecule has 1 saturated heterocycles. The molecule has 1 heterocycles. The van der Waals surface area contributed by atoms with Gasteiger partial charge in [-0.3, -0.25) is 9.59 Å². The van der Waals surface area contributed by atoms with Crippen LogP contribution in [0.5, 0.6) is 0 Å². The van der Waals surface area contributed by atoms with Crippen molar-refractivity contribution < 1.29 is 37.3 Å². The molecule has 3 saturated carbocycles. The molecule has 0 aromatic heterocycles. The largest absolute Gasteiger partial charge is 0.390 e. The van der Waals surface area contributed by atoms with Crippen molar-refractivity contribution >= 4 is 22.7 Å². The van der Waals surface area contributed by atoms with Crippen LogP contribution in [0.25, 0.3) is 0 Å². The average Bonchev–Trinajstić information content (AvgIpc) is 3.39. The minimum Gasteiger partial charge on any atom is -0.390 e. The first-order valence-corrected chi connectivity index (χ1v) is 14.0. The molecular formula is C29H28F3NO5S. The second kappa shape index (κ2) is 8.77. The van der Waals surface area contributed by atoms with Gasteiger partial charge in [0.1, 0.15) is 12.0 Å². The lowest BCUT2D eigenvalue weighted by molar-refractivity contribution is -0.232. The zero-order valence-corrected chi connectivity index (χ0v) is 22.2. The van der Waals surface area contributed by atoms with E-state index in [9.17, 15) is 19.1 Å². The summed E-state index contributed by atoms with van der Waals surface area (Å²) in [5, 5.41) is 20.3. The molecule has 206 valence electrons. The lowest BCUT2D eigenvalue weighted by atomic mass is 9.44. The molecule has 1 N–H and O–H groups in total. The number of hydrogen-bond donors (Lipinski definition) is 1. The molecule has 0 amide bonds. The molecule has 6 nitrogen and oxygen atoms in total. The first kappa shape index (κ1) is 26.8. The molecule has 10 atom stereocenters. The minimum absolute atomic E-state index is 0.0221. The molecule has 4 aliphatic carbocycles. The molecule has 1 aromatic rings. The molecule has 5 aliphatic rings. The Kier molecular flexibility index (Phi) is 6.02. The van der Waals surface area contributed by atoms with Crippen LogP contribution >= 0.6 is 11.8 Å². The van der Waals surface area contributed by atoms with Gasteiger partial charge >= 0.3 is 0 Å². The molecule has 39 heavy (non-hydrogen) atoms. The Morgan fingerprint density at radius 2 is 1.95 bits per heavy atom. The third kappa shape index (κ3) is 3.33. The van der Waals surface area contributed by atoms with Gasteiger partial charge < -0.3 is 14.6 Å². The lowest BCUT2D eigenvalue weighted by Gasteiger charge is -2.63. The van der Waals surface area contributed by atoms with E-state index in [0.717, 1.165) is 17.8 Å². The van der Waals surface area contributed by atoms with Crippen LogP contribution in [0.15, 0.2) is 48.1 Å². The van der Waals surface area contributed by atoms with Crippen molar-refractivity contribution in [3.63, 3.8) is 0 Å². The van der Waals surface area contributed by atoms with Gasteiger partial charge in [-0.1, -0.05) is 36.9 Å².